The Hall–Kier alpha value is -1.33. The minimum Gasteiger partial charge on any atom is -0.369 e. The lowest BCUT2D eigenvalue weighted by Gasteiger charge is -2.04. The second kappa shape index (κ2) is 4.16. The van der Waals surface area contributed by atoms with E-state index in [1.807, 2.05) is 28.8 Å². The molecule has 0 amide bonds. The van der Waals surface area contributed by atoms with Gasteiger partial charge in [0, 0.05) is 9.35 Å². The minimum atomic E-state index is 0.562. The van der Waals surface area contributed by atoms with Gasteiger partial charge < -0.3 is 10.3 Å². The number of nitrogens with zero attached hydrogens (tertiary/aromatic N) is 2. The number of halogens is 1. The molecule has 0 saturated heterocycles. The Morgan fingerprint density at radius 2 is 2.24 bits per heavy atom. The molecular formula is C12H10BrN3S. The highest BCUT2D eigenvalue weighted by Gasteiger charge is 2.09. The summed E-state index contributed by atoms with van der Waals surface area (Å²) in [4.78, 5) is 5.63. The smallest absolute Gasteiger partial charge is 0.201 e. The number of nitrogen functional groups attached to an aromatic ring is 1. The Kier molecular flexibility index (Phi) is 2.64. The number of thiophene rings is 1. The van der Waals surface area contributed by atoms with Crippen LogP contribution in [-0.2, 0) is 6.54 Å². The summed E-state index contributed by atoms with van der Waals surface area (Å²) in [5.41, 5.74) is 7.95. The third kappa shape index (κ3) is 1.96. The maximum Gasteiger partial charge on any atom is 0.201 e. The van der Waals surface area contributed by atoms with Gasteiger partial charge in [0.05, 0.1) is 17.6 Å². The molecule has 1 aromatic carbocycles. The third-order valence-corrected chi connectivity index (χ3v) is 3.99. The molecule has 0 bridgehead atoms. The summed E-state index contributed by atoms with van der Waals surface area (Å²) in [5.74, 6) is 0.562. The van der Waals surface area contributed by atoms with E-state index >= 15 is 0 Å². The first-order chi connectivity index (χ1) is 8.24. The molecule has 0 aliphatic rings. The van der Waals surface area contributed by atoms with Crippen molar-refractivity contribution in [1.82, 2.24) is 9.55 Å². The highest BCUT2D eigenvalue weighted by molar-refractivity contribution is 9.10. The molecule has 0 atom stereocenters. The van der Waals surface area contributed by atoms with Gasteiger partial charge in [-0.05, 0) is 29.6 Å². The van der Waals surface area contributed by atoms with Crippen molar-refractivity contribution in [2.24, 2.45) is 0 Å². The molecule has 0 saturated carbocycles. The molecule has 0 aliphatic carbocycles. The number of anilines is 1. The topological polar surface area (TPSA) is 43.8 Å². The highest BCUT2D eigenvalue weighted by Crippen LogP contribution is 2.24. The summed E-state index contributed by atoms with van der Waals surface area (Å²) in [6, 6.07) is 10.1. The minimum absolute atomic E-state index is 0.562. The van der Waals surface area contributed by atoms with Crippen molar-refractivity contribution in [3.63, 3.8) is 0 Å². The number of rotatable bonds is 2. The predicted octanol–water partition coefficient (Wildman–Crippen LogP) is 3.49. The van der Waals surface area contributed by atoms with Crippen molar-refractivity contribution in [1.29, 1.82) is 0 Å². The van der Waals surface area contributed by atoms with Gasteiger partial charge in [-0.15, -0.1) is 11.3 Å². The molecule has 3 nitrogen and oxygen atoms in total. The summed E-state index contributed by atoms with van der Waals surface area (Å²) >= 11 is 5.20. The molecule has 0 radical (unpaired) electrons. The zero-order valence-electron chi connectivity index (χ0n) is 8.93. The number of hydrogen-bond acceptors (Lipinski definition) is 3. The van der Waals surface area contributed by atoms with Gasteiger partial charge in [-0.1, -0.05) is 22.0 Å². The van der Waals surface area contributed by atoms with Crippen molar-refractivity contribution in [2.75, 3.05) is 5.73 Å². The number of hydrogen-bond donors (Lipinski definition) is 1. The second-order valence-electron chi connectivity index (χ2n) is 3.77. The van der Waals surface area contributed by atoms with Crippen LogP contribution in [0.25, 0.3) is 11.0 Å². The van der Waals surface area contributed by atoms with E-state index < -0.39 is 0 Å². The predicted molar refractivity (Wildman–Crippen MR) is 75.3 cm³/mol. The first-order valence-electron chi connectivity index (χ1n) is 5.18. The van der Waals surface area contributed by atoms with Gasteiger partial charge in [0.1, 0.15) is 0 Å². The molecule has 86 valence electrons. The van der Waals surface area contributed by atoms with E-state index in [-0.39, 0.29) is 0 Å². The molecule has 2 heterocycles. The van der Waals surface area contributed by atoms with Crippen molar-refractivity contribution < 1.29 is 0 Å². The Balaban J connectivity index is 2.14. The summed E-state index contributed by atoms with van der Waals surface area (Å²) in [7, 11) is 0. The van der Waals surface area contributed by atoms with Crippen LogP contribution in [-0.4, -0.2) is 9.55 Å². The Bertz CT molecular complexity index is 658. The Morgan fingerprint density at radius 1 is 1.35 bits per heavy atom. The molecule has 3 rings (SSSR count). The lowest BCUT2D eigenvalue weighted by Crippen LogP contribution is -2.03. The van der Waals surface area contributed by atoms with E-state index in [1.165, 1.54) is 4.88 Å². The van der Waals surface area contributed by atoms with E-state index in [1.54, 1.807) is 11.3 Å². The first-order valence-corrected chi connectivity index (χ1v) is 6.85. The molecule has 2 N–H and O–H groups in total. The first kappa shape index (κ1) is 10.8. The van der Waals surface area contributed by atoms with Crippen molar-refractivity contribution in [3.05, 3.63) is 45.1 Å². The van der Waals surface area contributed by atoms with Crippen LogP contribution in [0.1, 0.15) is 4.88 Å². The van der Waals surface area contributed by atoms with Gasteiger partial charge in [-0.2, -0.15) is 0 Å². The van der Waals surface area contributed by atoms with Crippen molar-refractivity contribution in [2.45, 2.75) is 6.54 Å². The molecular weight excluding hydrogens is 298 g/mol. The van der Waals surface area contributed by atoms with E-state index in [2.05, 4.69) is 32.4 Å². The third-order valence-electron chi connectivity index (χ3n) is 2.63. The average Bonchev–Trinajstić information content (AvgIpc) is 2.90. The lowest BCUT2D eigenvalue weighted by molar-refractivity contribution is 0.852. The van der Waals surface area contributed by atoms with Gasteiger partial charge >= 0.3 is 0 Å². The Labute approximate surface area is 111 Å². The quantitative estimate of drug-likeness (QED) is 0.787. The van der Waals surface area contributed by atoms with E-state index in [0.29, 0.717) is 5.95 Å². The van der Waals surface area contributed by atoms with Crippen LogP contribution < -0.4 is 5.73 Å². The zero-order valence-corrected chi connectivity index (χ0v) is 11.3. The van der Waals surface area contributed by atoms with Gasteiger partial charge in [-0.25, -0.2) is 4.98 Å². The van der Waals surface area contributed by atoms with Crippen LogP contribution in [0, 0.1) is 0 Å². The lowest BCUT2D eigenvalue weighted by atomic mass is 10.3. The highest BCUT2D eigenvalue weighted by atomic mass is 79.9. The SMILES string of the molecule is Nc1nc2ccc(Br)cc2n1Cc1cccs1. The normalized spacial score (nSPS) is 11.1. The summed E-state index contributed by atoms with van der Waals surface area (Å²) in [6.07, 6.45) is 0. The van der Waals surface area contributed by atoms with Crippen LogP contribution >= 0.6 is 27.3 Å². The summed E-state index contributed by atoms with van der Waals surface area (Å²) < 4.78 is 3.07. The molecule has 0 unspecified atom stereocenters. The van der Waals surface area contributed by atoms with Crippen LogP contribution in [0.5, 0.6) is 0 Å². The van der Waals surface area contributed by atoms with Crippen molar-refractivity contribution >= 4 is 44.2 Å². The number of fused-ring (bicyclic) bond motifs is 1. The molecule has 0 fully saturated rings. The molecule has 3 aromatic rings. The van der Waals surface area contributed by atoms with Crippen molar-refractivity contribution in [3.8, 4) is 0 Å². The maximum absolute atomic E-state index is 5.96. The number of nitrogens with two attached hydrogens (primary N) is 1. The largest absolute Gasteiger partial charge is 0.369 e. The van der Waals surface area contributed by atoms with E-state index in [0.717, 1.165) is 22.1 Å². The molecule has 5 heteroatoms. The number of aromatic nitrogens is 2. The van der Waals surface area contributed by atoms with Gasteiger partial charge in [0.15, 0.2) is 0 Å². The standard InChI is InChI=1S/C12H10BrN3S/c13-8-3-4-10-11(6-8)16(12(14)15-10)7-9-2-1-5-17-9/h1-6H,7H2,(H2,14,15). The van der Waals surface area contributed by atoms with Crippen LogP contribution in [0.2, 0.25) is 0 Å². The van der Waals surface area contributed by atoms with Crippen LogP contribution in [0.15, 0.2) is 40.2 Å². The van der Waals surface area contributed by atoms with E-state index in [4.69, 9.17) is 5.73 Å². The van der Waals surface area contributed by atoms with E-state index in [9.17, 15) is 0 Å². The second-order valence-corrected chi connectivity index (χ2v) is 5.72. The monoisotopic (exact) mass is 307 g/mol. The molecule has 0 aliphatic heterocycles. The molecule has 0 spiro atoms. The summed E-state index contributed by atoms with van der Waals surface area (Å²) in [5, 5.41) is 2.07. The zero-order chi connectivity index (χ0) is 11.8. The number of imidazole rings is 1. The fourth-order valence-electron chi connectivity index (χ4n) is 1.84. The van der Waals surface area contributed by atoms with Crippen LogP contribution in [0.3, 0.4) is 0 Å². The summed E-state index contributed by atoms with van der Waals surface area (Å²) in [6.45, 7) is 0.774. The van der Waals surface area contributed by atoms with Gasteiger partial charge in [0.2, 0.25) is 5.95 Å². The average molecular weight is 308 g/mol. The van der Waals surface area contributed by atoms with Gasteiger partial charge in [-0.3, -0.25) is 0 Å². The number of benzene rings is 1. The van der Waals surface area contributed by atoms with Gasteiger partial charge in [0.25, 0.3) is 0 Å². The maximum atomic E-state index is 5.96. The Morgan fingerprint density at radius 3 is 3.00 bits per heavy atom. The fraction of sp³-hybridized carbons (Fsp3) is 0.0833. The van der Waals surface area contributed by atoms with Crippen LogP contribution in [0.4, 0.5) is 5.95 Å². The fourth-order valence-corrected chi connectivity index (χ4v) is 2.88. The molecule has 17 heavy (non-hydrogen) atoms. The molecule has 2 aromatic heterocycles.